The Bertz CT molecular complexity index is 1950. The minimum absolute atomic E-state index is 0.138. The average Bonchev–Trinajstić information content (AvgIpc) is 3.14. The van der Waals surface area contributed by atoms with Gasteiger partial charge in [-0.3, -0.25) is 14.5 Å². The van der Waals surface area contributed by atoms with Crippen molar-refractivity contribution in [3.05, 3.63) is 88.7 Å². The lowest BCUT2D eigenvalue weighted by atomic mass is 10.1. The number of nitrogens with zero attached hydrogens (tertiary/aromatic N) is 5. The number of halogens is 1. The Balaban J connectivity index is 1.56. The molecule has 3 aromatic carbocycles. The van der Waals surface area contributed by atoms with Gasteiger partial charge in [-0.15, -0.1) is 0 Å². The number of hydrogen-bond acceptors (Lipinski definition) is 10. The van der Waals surface area contributed by atoms with E-state index in [2.05, 4.69) is 15.4 Å². The van der Waals surface area contributed by atoms with Gasteiger partial charge in [-0.1, -0.05) is 12.1 Å². The molecule has 1 saturated heterocycles. The molecule has 4 aromatic rings. The third-order valence-corrected chi connectivity index (χ3v) is 8.56. The van der Waals surface area contributed by atoms with Crippen molar-refractivity contribution in [3.63, 3.8) is 0 Å². The summed E-state index contributed by atoms with van der Waals surface area (Å²) in [5.74, 6) is 0.00504. The highest BCUT2D eigenvalue weighted by atomic mass is 19.1. The molecule has 1 aromatic heterocycles. The normalized spacial score (nSPS) is 14.6. The van der Waals surface area contributed by atoms with Gasteiger partial charge in [0.1, 0.15) is 23.4 Å². The number of fused-ring (bicyclic) bond motifs is 1. The molecule has 0 spiro atoms. The number of rotatable bonds is 10. The summed E-state index contributed by atoms with van der Waals surface area (Å²) < 4.78 is 30.8. The largest absolute Gasteiger partial charge is 0.497 e. The molecule has 0 saturated carbocycles. The number of ether oxygens (including phenoxy) is 3. The smallest absolute Gasteiger partial charge is 0.407 e. The number of urea groups is 1. The van der Waals surface area contributed by atoms with Crippen LogP contribution in [0.2, 0.25) is 0 Å². The summed E-state index contributed by atoms with van der Waals surface area (Å²) in [5.41, 5.74) is 0.672. The molecular weight excluding hydrogens is 665 g/mol. The number of aliphatic hydroxyl groups excluding tert-OH is 1. The van der Waals surface area contributed by atoms with E-state index in [-0.39, 0.29) is 32.0 Å². The number of para-hydroxylation sites is 1. The van der Waals surface area contributed by atoms with Crippen molar-refractivity contribution in [3.8, 4) is 11.5 Å². The molecule has 270 valence electrons. The Morgan fingerprint density at radius 1 is 0.941 bits per heavy atom. The summed E-state index contributed by atoms with van der Waals surface area (Å²) in [7, 11) is 4.11. The molecule has 1 fully saturated rings. The molecule has 1 aliphatic heterocycles. The number of piperazine rings is 1. The zero-order valence-electron chi connectivity index (χ0n) is 28.8. The van der Waals surface area contributed by atoms with Gasteiger partial charge in [0.05, 0.1) is 63.2 Å². The second-order valence-corrected chi connectivity index (χ2v) is 11.8. The zero-order chi connectivity index (χ0) is 36.8. The van der Waals surface area contributed by atoms with Crippen LogP contribution in [0, 0.1) is 5.82 Å². The summed E-state index contributed by atoms with van der Waals surface area (Å²) in [5, 5.41) is 17.5. The molecule has 0 bridgehead atoms. The first-order valence-electron chi connectivity index (χ1n) is 16.1. The maximum absolute atomic E-state index is 14.3. The number of aliphatic hydroxyl groups is 1. The highest BCUT2D eigenvalue weighted by molar-refractivity contribution is 6.03. The lowest BCUT2D eigenvalue weighted by Gasteiger charge is -2.40. The number of amides is 4. The lowest BCUT2D eigenvalue weighted by Crippen LogP contribution is -2.61. The van der Waals surface area contributed by atoms with Gasteiger partial charge in [0.2, 0.25) is 5.91 Å². The molecular formula is C35H40FN7O8. The summed E-state index contributed by atoms with van der Waals surface area (Å²) >= 11 is 0. The number of nitrogens with one attached hydrogen (secondary N) is 2. The van der Waals surface area contributed by atoms with Gasteiger partial charge in [0.15, 0.2) is 5.82 Å². The number of aromatic nitrogens is 2. The highest BCUT2D eigenvalue weighted by Gasteiger charge is 2.35. The Morgan fingerprint density at radius 2 is 1.63 bits per heavy atom. The predicted octanol–water partition coefficient (Wildman–Crippen LogP) is 3.24. The second kappa shape index (κ2) is 15.8. The number of anilines is 2. The van der Waals surface area contributed by atoms with E-state index in [4.69, 9.17) is 14.5 Å². The monoisotopic (exact) mass is 705 g/mol. The number of methoxy groups -OCH3 is 3. The summed E-state index contributed by atoms with van der Waals surface area (Å²) in [6.45, 7) is 3.72. The number of alkyl carbamates (subject to hydrolysis) is 1. The van der Waals surface area contributed by atoms with Crippen molar-refractivity contribution in [1.82, 2.24) is 19.9 Å². The van der Waals surface area contributed by atoms with Crippen LogP contribution < -0.4 is 35.6 Å². The van der Waals surface area contributed by atoms with Crippen molar-refractivity contribution in [2.45, 2.75) is 32.0 Å². The van der Waals surface area contributed by atoms with Crippen LogP contribution >= 0.6 is 0 Å². The first-order valence-corrected chi connectivity index (χ1v) is 16.1. The minimum Gasteiger partial charge on any atom is -0.497 e. The molecule has 0 radical (unpaired) electrons. The van der Waals surface area contributed by atoms with E-state index in [0.29, 0.717) is 33.8 Å². The van der Waals surface area contributed by atoms with Crippen LogP contribution in [0.5, 0.6) is 11.5 Å². The van der Waals surface area contributed by atoms with Crippen LogP contribution in [0.25, 0.3) is 10.9 Å². The molecule has 4 amide bonds. The Labute approximate surface area is 293 Å². The summed E-state index contributed by atoms with van der Waals surface area (Å²) in [6, 6.07) is 14.3. The Hall–Kier alpha value is -5.90. The van der Waals surface area contributed by atoms with Crippen LogP contribution in [-0.2, 0) is 9.53 Å². The maximum atomic E-state index is 14.3. The fraction of sp³-hybridized carbons (Fsp3) is 0.343. The van der Waals surface area contributed by atoms with E-state index in [9.17, 15) is 28.7 Å². The Morgan fingerprint density at radius 3 is 2.25 bits per heavy atom. The minimum atomic E-state index is -1.24. The third-order valence-electron chi connectivity index (χ3n) is 8.56. The van der Waals surface area contributed by atoms with Crippen molar-refractivity contribution in [2.24, 2.45) is 0 Å². The standard InChI is InChI=1S/C35H40FN7O8/c1-21(42(28-15-14-25(49-3)20-29(28)50-4)34(47)37-24-12-10-23(36)11-13-24)31-38-27-9-7-6-8-26(27)32(45)43(31)41-18-16-40(17-19-41)33(46)30(22(2)44)39-35(48)51-5/h6-15,20-22,30,44H,16-19H2,1-5H3,(H,37,47)(H,39,48). The SMILES string of the molecule is COC(=O)NC(C(=O)N1CCN(n2c(C(C)N(C(=O)Nc3ccc(F)cc3)c3ccc(OC)cc3OC)nc3ccccc3c2=O)CC1)C(C)O. The van der Waals surface area contributed by atoms with E-state index in [1.54, 1.807) is 54.4 Å². The van der Waals surface area contributed by atoms with Gasteiger partial charge in [0.25, 0.3) is 5.56 Å². The lowest BCUT2D eigenvalue weighted by molar-refractivity contribution is -0.136. The zero-order valence-corrected chi connectivity index (χ0v) is 28.8. The summed E-state index contributed by atoms with van der Waals surface area (Å²) in [6.07, 6.45) is -2.06. The van der Waals surface area contributed by atoms with Gasteiger partial charge >= 0.3 is 12.1 Å². The van der Waals surface area contributed by atoms with Crippen LogP contribution in [0.4, 0.5) is 25.4 Å². The molecule has 51 heavy (non-hydrogen) atoms. The van der Waals surface area contributed by atoms with Crippen molar-refractivity contribution >= 4 is 40.3 Å². The van der Waals surface area contributed by atoms with Crippen molar-refractivity contribution in [1.29, 1.82) is 0 Å². The molecule has 16 heteroatoms. The topological polar surface area (TPSA) is 168 Å². The van der Waals surface area contributed by atoms with Crippen LogP contribution in [0.1, 0.15) is 25.7 Å². The number of carbonyl (C=O) groups excluding carboxylic acids is 3. The number of carbonyl (C=O) groups is 3. The first-order chi connectivity index (χ1) is 24.5. The van der Waals surface area contributed by atoms with Crippen LogP contribution in [0.3, 0.4) is 0 Å². The van der Waals surface area contributed by atoms with Gasteiger partial charge in [-0.2, -0.15) is 0 Å². The van der Waals surface area contributed by atoms with E-state index in [1.165, 1.54) is 59.9 Å². The van der Waals surface area contributed by atoms with Gasteiger partial charge in [0, 0.05) is 24.8 Å². The fourth-order valence-electron chi connectivity index (χ4n) is 5.88. The van der Waals surface area contributed by atoms with E-state index in [0.717, 1.165) is 7.11 Å². The van der Waals surface area contributed by atoms with Gasteiger partial charge in [-0.05, 0) is 62.4 Å². The van der Waals surface area contributed by atoms with Crippen molar-refractivity contribution in [2.75, 3.05) is 62.7 Å². The number of benzene rings is 3. The molecule has 2 heterocycles. The quantitative estimate of drug-likeness (QED) is 0.223. The van der Waals surface area contributed by atoms with Crippen LogP contribution in [-0.4, -0.2) is 97.4 Å². The number of hydrogen-bond donors (Lipinski definition) is 3. The Kier molecular flexibility index (Phi) is 11.2. The van der Waals surface area contributed by atoms with E-state index >= 15 is 0 Å². The second-order valence-electron chi connectivity index (χ2n) is 11.8. The molecule has 5 rings (SSSR count). The van der Waals surface area contributed by atoms with E-state index in [1.807, 2.05) is 0 Å². The molecule has 3 N–H and O–H groups in total. The maximum Gasteiger partial charge on any atom is 0.407 e. The average molecular weight is 706 g/mol. The fourth-order valence-corrected chi connectivity index (χ4v) is 5.88. The first kappa shape index (κ1) is 36.4. The van der Waals surface area contributed by atoms with Crippen molar-refractivity contribution < 1.29 is 38.1 Å². The molecule has 0 aliphatic carbocycles. The predicted molar refractivity (Wildman–Crippen MR) is 187 cm³/mol. The summed E-state index contributed by atoms with van der Waals surface area (Å²) in [4.78, 5) is 61.5. The molecule has 3 unspecified atom stereocenters. The molecule has 1 aliphatic rings. The van der Waals surface area contributed by atoms with Crippen LogP contribution in [0.15, 0.2) is 71.5 Å². The molecule has 3 atom stereocenters. The highest BCUT2D eigenvalue weighted by Crippen LogP contribution is 2.37. The van der Waals surface area contributed by atoms with E-state index < -0.39 is 47.6 Å². The van der Waals surface area contributed by atoms with Gasteiger partial charge in [-0.25, -0.2) is 23.6 Å². The molecule has 15 nitrogen and oxygen atoms in total. The van der Waals surface area contributed by atoms with Gasteiger partial charge < -0.3 is 39.9 Å². The third kappa shape index (κ3) is 7.80.